The fraction of sp³-hybridized carbons (Fsp3) is 0.125. The van der Waals surface area contributed by atoms with Crippen LogP contribution in [0, 0.1) is 0 Å². The second-order valence-electron chi connectivity index (χ2n) is 7.23. The van der Waals surface area contributed by atoms with Gasteiger partial charge in [0.2, 0.25) is 0 Å². The quantitative estimate of drug-likeness (QED) is 0.373. The molecule has 7 nitrogen and oxygen atoms in total. The molecule has 0 unspecified atom stereocenters. The smallest absolute Gasteiger partial charge is 0.276 e. The van der Waals surface area contributed by atoms with E-state index in [1.54, 1.807) is 12.3 Å². The molecular weight excluding hydrogens is 390 g/mol. The van der Waals surface area contributed by atoms with Crippen molar-refractivity contribution in [1.82, 2.24) is 20.7 Å². The Kier molecular flexibility index (Phi) is 6.05. The number of rotatable bonds is 7. The molecule has 0 saturated carbocycles. The molecule has 31 heavy (non-hydrogen) atoms. The van der Waals surface area contributed by atoms with E-state index in [0.717, 1.165) is 28.0 Å². The number of pyridine rings is 1. The molecule has 0 saturated heterocycles. The summed E-state index contributed by atoms with van der Waals surface area (Å²) >= 11 is 0. The molecule has 3 N–H and O–H groups in total. The molecule has 2 aromatic carbocycles. The van der Waals surface area contributed by atoms with Crippen LogP contribution in [0.2, 0.25) is 0 Å². The van der Waals surface area contributed by atoms with Crippen molar-refractivity contribution >= 4 is 40.3 Å². The number of H-pyrrole nitrogens is 1. The van der Waals surface area contributed by atoms with E-state index < -0.39 is 0 Å². The Balaban J connectivity index is 1.54. The number of amides is 1. The molecule has 0 radical (unpaired) electrons. The van der Waals surface area contributed by atoms with Gasteiger partial charge in [0.1, 0.15) is 0 Å². The summed E-state index contributed by atoms with van der Waals surface area (Å²) in [5.74, 6) is -0.304. The van der Waals surface area contributed by atoms with Gasteiger partial charge in [-0.3, -0.25) is 19.7 Å². The first-order valence-corrected chi connectivity index (χ1v) is 9.99. The van der Waals surface area contributed by atoms with Crippen LogP contribution in [-0.2, 0) is 4.84 Å². The van der Waals surface area contributed by atoms with E-state index in [9.17, 15) is 4.79 Å². The van der Waals surface area contributed by atoms with Crippen LogP contribution in [0.3, 0.4) is 0 Å². The van der Waals surface area contributed by atoms with Crippen LogP contribution < -0.4 is 10.8 Å². The van der Waals surface area contributed by atoms with Gasteiger partial charge in [0.25, 0.3) is 5.91 Å². The lowest BCUT2D eigenvalue weighted by Gasteiger charge is -2.13. The minimum atomic E-state index is -0.304. The van der Waals surface area contributed by atoms with Crippen molar-refractivity contribution in [1.29, 1.82) is 0 Å². The summed E-state index contributed by atoms with van der Waals surface area (Å²) in [5.41, 5.74) is 7.07. The van der Waals surface area contributed by atoms with Crippen LogP contribution in [0.5, 0.6) is 0 Å². The van der Waals surface area contributed by atoms with Gasteiger partial charge < -0.3 is 5.32 Å². The van der Waals surface area contributed by atoms with E-state index in [2.05, 4.69) is 26.0 Å². The lowest BCUT2D eigenvalue weighted by Crippen LogP contribution is -2.27. The summed E-state index contributed by atoms with van der Waals surface area (Å²) in [7, 11) is 0. The Bertz CT molecular complexity index is 1220. The highest BCUT2D eigenvalue weighted by Crippen LogP contribution is 2.26. The first-order chi connectivity index (χ1) is 15.1. The van der Waals surface area contributed by atoms with Crippen molar-refractivity contribution in [3.63, 3.8) is 0 Å². The largest absolute Gasteiger partial charge is 0.355 e. The van der Waals surface area contributed by atoms with Gasteiger partial charge in [-0.15, -0.1) is 0 Å². The molecular formula is C24H23N5O2. The number of anilines is 2. The fourth-order valence-corrected chi connectivity index (χ4v) is 3.06. The van der Waals surface area contributed by atoms with Crippen LogP contribution in [0.15, 0.2) is 66.9 Å². The molecule has 0 bridgehead atoms. The SMILES string of the molecule is CC(C)ONC(=O)c1ccccc1Nc1ccc2c(/C=C/c3ccccn3)n[nH]c2c1. The molecule has 1 amide bonds. The van der Waals surface area contributed by atoms with Crippen molar-refractivity contribution in [2.24, 2.45) is 0 Å². The second-order valence-corrected chi connectivity index (χ2v) is 7.23. The third-order valence-electron chi connectivity index (χ3n) is 4.53. The van der Waals surface area contributed by atoms with Gasteiger partial charge in [0.05, 0.1) is 34.3 Å². The summed E-state index contributed by atoms with van der Waals surface area (Å²) in [5, 5.41) is 11.8. The molecule has 0 aliphatic heterocycles. The highest BCUT2D eigenvalue weighted by molar-refractivity contribution is 6.00. The maximum atomic E-state index is 12.5. The zero-order valence-electron chi connectivity index (χ0n) is 17.3. The number of nitrogens with one attached hydrogen (secondary N) is 3. The number of hydroxylamine groups is 1. The topological polar surface area (TPSA) is 91.9 Å². The minimum absolute atomic E-state index is 0.104. The van der Waals surface area contributed by atoms with E-state index >= 15 is 0 Å². The van der Waals surface area contributed by atoms with Crippen LogP contribution in [0.1, 0.15) is 35.6 Å². The lowest BCUT2D eigenvalue weighted by molar-refractivity contribution is 0.000245. The van der Waals surface area contributed by atoms with Crippen molar-refractivity contribution < 1.29 is 9.63 Å². The Morgan fingerprint density at radius 3 is 2.71 bits per heavy atom. The van der Waals surface area contributed by atoms with Crippen molar-refractivity contribution in [3.05, 3.63) is 83.8 Å². The molecule has 2 aromatic heterocycles. The molecule has 4 rings (SSSR count). The molecule has 0 spiro atoms. The Hall–Kier alpha value is -3.97. The van der Waals surface area contributed by atoms with Gasteiger partial charge in [0, 0.05) is 17.3 Å². The van der Waals surface area contributed by atoms with Crippen molar-refractivity contribution in [3.8, 4) is 0 Å². The number of para-hydroxylation sites is 1. The number of nitrogens with zero attached hydrogens (tertiary/aromatic N) is 2. The molecule has 0 atom stereocenters. The predicted molar refractivity (Wildman–Crippen MR) is 123 cm³/mol. The number of hydrogen-bond acceptors (Lipinski definition) is 5. The average molecular weight is 413 g/mol. The molecule has 0 aliphatic carbocycles. The second kappa shape index (κ2) is 9.23. The Morgan fingerprint density at radius 1 is 1.06 bits per heavy atom. The average Bonchev–Trinajstić information content (AvgIpc) is 3.19. The van der Waals surface area contributed by atoms with E-state index in [1.165, 1.54) is 0 Å². The molecule has 2 heterocycles. The standard InChI is InChI=1S/C24H23N5O2/c1-16(2)31-29-24(30)20-8-3-4-9-21(20)26-18-10-12-19-22(27-28-23(19)15-18)13-11-17-7-5-6-14-25-17/h3-16,26H,1-2H3,(H,27,28)(H,29,30)/b13-11+. The number of carbonyl (C=O) groups is 1. The van der Waals surface area contributed by atoms with E-state index in [0.29, 0.717) is 11.3 Å². The maximum absolute atomic E-state index is 12.5. The van der Waals surface area contributed by atoms with E-state index in [1.807, 2.05) is 80.6 Å². The summed E-state index contributed by atoms with van der Waals surface area (Å²) < 4.78 is 0. The monoisotopic (exact) mass is 413 g/mol. The van der Waals surface area contributed by atoms with E-state index in [4.69, 9.17) is 4.84 Å². The molecule has 7 heteroatoms. The third kappa shape index (κ3) is 4.96. The van der Waals surface area contributed by atoms with Gasteiger partial charge >= 0.3 is 0 Å². The molecule has 156 valence electrons. The Labute approximate surface area is 180 Å². The number of aromatic amines is 1. The van der Waals surface area contributed by atoms with Crippen LogP contribution in [0.4, 0.5) is 11.4 Å². The van der Waals surface area contributed by atoms with Gasteiger partial charge in [-0.05, 0) is 68.5 Å². The number of fused-ring (bicyclic) bond motifs is 1. The number of benzene rings is 2. The summed E-state index contributed by atoms with van der Waals surface area (Å²) in [6.45, 7) is 3.70. The van der Waals surface area contributed by atoms with Gasteiger partial charge in [0.15, 0.2) is 0 Å². The lowest BCUT2D eigenvalue weighted by atomic mass is 10.1. The normalized spacial score (nSPS) is 11.3. The zero-order chi connectivity index (χ0) is 21.6. The number of carbonyl (C=O) groups excluding carboxylic acids is 1. The summed E-state index contributed by atoms with van der Waals surface area (Å²) in [4.78, 5) is 22.0. The van der Waals surface area contributed by atoms with Crippen LogP contribution >= 0.6 is 0 Å². The molecule has 4 aromatic rings. The fourth-order valence-electron chi connectivity index (χ4n) is 3.06. The van der Waals surface area contributed by atoms with Gasteiger partial charge in [-0.25, -0.2) is 5.48 Å². The number of hydrogen-bond donors (Lipinski definition) is 3. The van der Waals surface area contributed by atoms with E-state index in [-0.39, 0.29) is 12.0 Å². The Morgan fingerprint density at radius 2 is 1.90 bits per heavy atom. The predicted octanol–water partition coefficient (Wildman–Crippen LogP) is 4.94. The summed E-state index contributed by atoms with van der Waals surface area (Å²) in [6, 6.07) is 19.0. The minimum Gasteiger partial charge on any atom is -0.355 e. The molecule has 0 fully saturated rings. The van der Waals surface area contributed by atoms with Gasteiger partial charge in [-0.1, -0.05) is 18.2 Å². The van der Waals surface area contributed by atoms with Gasteiger partial charge in [-0.2, -0.15) is 5.10 Å². The van der Waals surface area contributed by atoms with Crippen LogP contribution in [-0.4, -0.2) is 27.2 Å². The van der Waals surface area contributed by atoms with Crippen molar-refractivity contribution in [2.45, 2.75) is 20.0 Å². The summed E-state index contributed by atoms with van der Waals surface area (Å²) in [6.07, 6.45) is 5.51. The third-order valence-corrected chi connectivity index (χ3v) is 4.53. The first-order valence-electron chi connectivity index (χ1n) is 9.99. The molecule has 0 aliphatic rings. The zero-order valence-corrected chi connectivity index (χ0v) is 17.3. The highest BCUT2D eigenvalue weighted by Gasteiger charge is 2.12. The van der Waals surface area contributed by atoms with Crippen LogP contribution in [0.25, 0.3) is 23.1 Å². The first kappa shape index (κ1) is 20.3. The van der Waals surface area contributed by atoms with Crippen molar-refractivity contribution in [2.75, 3.05) is 5.32 Å². The number of aromatic nitrogens is 3. The highest BCUT2D eigenvalue weighted by atomic mass is 16.7. The maximum Gasteiger partial charge on any atom is 0.276 e.